The molecule has 0 radical (unpaired) electrons. The topological polar surface area (TPSA) is 98.3 Å². The largest absolute Gasteiger partial charge is 0.465 e. The number of rotatable bonds is 6. The van der Waals surface area contributed by atoms with Gasteiger partial charge in [0, 0.05) is 27.3 Å². The second kappa shape index (κ2) is 9.75. The number of carbonyl (C=O) groups excluding carboxylic acids is 1. The summed E-state index contributed by atoms with van der Waals surface area (Å²) in [4.78, 5) is 34.2. The zero-order chi connectivity index (χ0) is 24.7. The third kappa shape index (κ3) is 4.62. The summed E-state index contributed by atoms with van der Waals surface area (Å²) in [6.45, 7) is 4.28. The van der Waals surface area contributed by atoms with Crippen molar-refractivity contribution in [2.45, 2.75) is 38.8 Å². The van der Waals surface area contributed by atoms with E-state index < -0.39 is 12.1 Å². The summed E-state index contributed by atoms with van der Waals surface area (Å²) in [5.74, 6) is 0.385. The fourth-order valence-corrected chi connectivity index (χ4v) is 7.68. The molecule has 2 amide bonds. The van der Waals surface area contributed by atoms with Crippen LogP contribution in [0.3, 0.4) is 0 Å². The lowest BCUT2D eigenvalue weighted by atomic mass is 10.0. The number of aromatic nitrogens is 2. The number of halogens is 1. The molecule has 7 nitrogen and oxygen atoms in total. The molecule has 10 heteroatoms. The van der Waals surface area contributed by atoms with E-state index in [0.29, 0.717) is 6.54 Å². The van der Waals surface area contributed by atoms with E-state index in [1.54, 1.807) is 33.8 Å². The number of fused-ring (bicyclic) bond motifs is 1. The van der Waals surface area contributed by atoms with Crippen molar-refractivity contribution in [2.24, 2.45) is 5.92 Å². The molecule has 35 heavy (non-hydrogen) atoms. The Morgan fingerprint density at radius 3 is 2.60 bits per heavy atom. The number of hydrogen-bond acceptors (Lipinski definition) is 5. The van der Waals surface area contributed by atoms with Crippen molar-refractivity contribution in [1.29, 1.82) is 0 Å². The second-order valence-corrected chi connectivity index (χ2v) is 11.6. The first kappa shape index (κ1) is 24.0. The van der Waals surface area contributed by atoms with Crippen molar-refractivity contribution in [1.82, 2.24) is 20.2 Å². The Kier molecular flexibility index (Phi) is 6.69. The summed E-state index contributed by atoms with van der Waals surface area (Å²) in [6, 6.07) is 7.46. The van der Waals surface area contributed by atoms with Crippen molar-refractivity contribution in [3.63, 3.8) is 0 Å². The Balaban J connectivity index is 1.35. The van der Waals surface area contributed by atoms with Crippen molar-refractivity contribution in [3.05, 3.63) is 51.5 Å². The molecular weight excluding hydrogens is 548 g/mol. The van der Waals surface area contributed by atoms with Gasteiger partial charge in [-0.2, -0.15) is 0 Å². The number of nitrogens with one attached hydrogen (secondary N) is 2. The third-order valence-electron chi connectivity index (χ3n) is 6.41. The highest BCUT2D eigenvalue weighted by Gasteiger charge is 2.37. The summed E-state index contributed by atoms with van der Waals surface area (Å²) in [7, 11) is 0. The highest BCUT2D eigenvalue weighted by molar-refractivity contribution is 9.10. The number of nitrogens with zero attached hydrogens (tertiary/aromatic N) is 2. The summed E-state index contributed by atoms with van der Waals surface area (Å²) < 4.78 is 3.72. The Bertz CT molecular complexity index is 1380. The number of benzene rings is 1. The fourth-order valence-electron chi connectivity index (χ4n) is 4.61. The molecule has 2 atom stereocenters. The average Bonchev–Trinajstić information content (AvgIpc) is 3.62. The molecule has 1 aromatic carbocycles. The molecule has 4 aromatic rings. The first-order valence-electron chi connectivity index (χ1n) is 11.4. The Labute approximate surface area is 219 Å². The van der Waals surface area contributed by atoms with Crippen LogP contribution in [-0.4, -0.2) is 44.6 Å². The highest BCUT2D eigenvalue weighted by Crippen LogP contribution is 2.42. The van der Waals surface area contributed by atoms with Gasteiger partial charge in [-0.3, -0.25) is 4.79 Å². The van der Waals surface area contributed by atoms with Crippen molar-refractivity contribution < 1.29 is 14.7 Å². The maximum atomic E-state index is 13.2. The SMILES string of the molecule is CC(C)[C@H](NC(=O)O)C(=O)N1CCCC1c1ncc(-c2ccc(-c3csc4c(Br)csc34)cc2)[nH]1. The van der Waals surface area contributed by atoms with E-state index >= 15 is 0 Å². The zero-order valence-corrected chi connectivity index (χ0v) is 22.5. The minimum absolute atomic E-state index is 0.148. The minimum atomic E-state index is -1.19. The second-order valence-electron chi connectivity index (χ2n) is 9.01. The number of hydrogen-bond donors (Lipinski definition) is 3. The first-order valence-corrected chi connectivity index (χ1v) is 14.0. The molecule has 0 bridgehead atoms. The summed E-state index contributed by atoms with van der Waals surface area (Å²) in [5.41, 5.74) is 4.33. The summed E-state index contributed by atoms with van der Waals surface area (Å²) in [5, 5.41) is 15.9. The van der Waals surface area contributed by atoms with E-state index in [-0.39, 0.29) is 17.9 Å². The number of aromatic amines is 1. The van der Waals surface area contributed by atoms with Crippen LogP contribution in [0.15, 0.2) is 45.7 Å². The van der Waals surface area contributed by atoms with E-state index in [0.717, 1.165) is 34.4 Å². The highest BCUT2D eigenvalue weighted by atomic mass is 79.9. The lowest BCUT2D eigenvalue weighted by Crippen LogP contribution is -2.50. The molecule has 1 saturated heterocycles. The molecule has 1 unspecified atom stereocenters. The van der Waals surface area contributed by atoms with E-state index in [9.17, 15) is 9.59 Å². The molecule has 3 N–H and O–H groups in total. The lowest BCUT2D eigenvalue weighted by Gasteiger charge is -2.29. The fraction of sp³-hybridized carbons (Fsp3) is 0.320. The average molecular weight is 574 g/mol. The quantitative estimate of drug-likeness (QED) is 0.238. The molecule has 0 aliphatic carbocycles. The smallest absolute Gasteiger partial charge is 0.405 e. The van der Waals surface area contributed by atoms with Gasteiger partial charge in [-0.1, -0.05) is 38.1 Å². The van der Waals surface area contributed by atoms with E-state index in [1.165, 1.54) is 20.5 Å². The number of H-pyrrole nitrogens is 1. The molecular formula is C25H25BrN4O3S2. The molecule has 182 valence electrons. The first-order chi connectivity index (χ1) is 16.8. The molecule has 1 aliphatic heterocycles. The van der Waals surface area contributed by atoms with Gasteiger partial charge in [0.05, 0.1) is 27.3 Å². The van der Waals surface area contributed by atoms with E-state index in [4.69, 9.17) is 5.11 Å². The van der Waals surface area contributed by atoms with Gasteiger partial charge < -0.3 is 20.3 Å². The van der Waals surface area contributed by atoms with Crippen molar-refractivity contribution in [3.8, 4) is 22.4 Å². The van der Waals surface area contributed by atoms with Crippen LogP contribution >= 0.6 is 38.6 Å². The number of amides is 2. The van der Waals surface area contributed by atoms with Crippen LogP contribution in [0.5, 0.6) is 0 Å². The zero-order valence-electron chi connectivity index (χ0n) is 19.2. The van der Waals surface area contributed by atoms with Gasteiger partial charge in [0.2, 0.25) is 5.91 Å². The third-order valence-corrected chi connectivity index (χ3v) is 9.75. The van der Waals surface area contributed by atoms with Crippen LogP contribution < -0.4 is 5.32 Å². The van der Waals surface area contributed by atoms with E-state index in [2.05, 4.69) is 66.2 Å². The number of carboxylic acid groups (broad SMARTS) is 1. The monoisotopic (exact) mass is 572 g/mol. The van der Waals surface area contributed by atoms with Gasteiger partial charge in [0.15, 0.2) is 0 Å². The Morgan fingerprint density at radius 1 is 1.17 bits per heavy atom. The predicted molar refractivity (Wildman–Crippen MR) is 144 cm³/mol. The number of thiophene rings is 2. The number of likely N-dealkylation sites (tertiary alicyclic amines) is 1. The molecule has 0 spiro atoms. The standard InChI is InChI=1S/C25H25BrN4O3S2/c1-13(2)20(29-25(32)33)24(31)30-9-3-4-19(30)23-27-10-18(28-23)15-7-5-14(6-8-15)16-11-34-22-17(26)12-35-21(16)22/h5-8,10-13,19-20,29H,3-4,9H2,1-2H3,(H,27,28)(H,32,33)/t19?,20-/m0/s1. The lowest BCUT2D eigenvalue weighted by molar-refractivity contribution is -0.135. The van der Waals surface area contributed by atoms with Crippen LogP contribution in [0.4, 0.5) is 4.79 Å². The minimum Gasteiger partial charge on any atom is -0.465 e. The predicted octanol–water partition coefficient (Wildman–Crippen LogP) is 6.74. The molecule has 4 heterocycles. The van der Waals surface area contributed by atoms with Gasteiger partial charge in [0.1, 0.15) is 11.9 Å². The van der Waals surface area contributed by atoms with Crippen LogP contribution in [-0.2, 0) is 4.79 Å². The van der Waals surface area contributed by atoms with Crippen LogP contribution in [0.1, 0.15) is 38.6 Å². The maximum Gasteiger partial charge on any atom is 0.405 e. The maximum absolute atomic E-state index is 13.2. The van der Waals surface area contributed by atoms with Gasteiger partial charge in [-0.25, -0.2) is 9.78 Å². The molecule has 5 rings (SSSR count). The molecule has 1 aliphatic rings. The Hall–Kier alpha value is -2.69. The van der Waals surface area contributed by atoms with Gasteiger partial charge in [-0.05, 0) is 45.8 Å². The molecule has 3 aromatic heterocycles. The summed E-state index contributed by atoms with van der Waals surface area (Å²) in [6.07, 6.45) is 2.26. The van der Waals surface area contributed by atoms with Crippen LogP contribution in [0.2, 0.25) is 0 Å². The van der Waals surface area contributed by atoms with Gasteiger partial charge in [0.25, 0.3) is 0 Å². The van der Waals surface area contributed by atoms with Crippen LogP contribution in [0, 0.1) is 5.92 Å². The van der Waals surface area contributed by atoms with E-state index in [1.807, 2.05) is 13.8 Å². The molecule has 0 saturated carbocycles. The van der Waals surface area contributed by atoms with Crippen LogP contribution in [0.25, 0.3) is 31.8 Å². The normalized spacial score (nSPS) is 16.8. The van der Waals surface area contributed by atoms with Crippen molar-refractivity contribution >= 4 is 60.0 Å². The molecule has 1 fully saturated rings. The number of imidazole rings is 1. The summed E-state index contributed by atoms with van der Waals surface area (Å²) >= 11 is 7.11. The van der Waals surface area contributed by atoms with Gasteiger partial charge >= 0.3 is 6.09 Å². The Morgan fingerprint density at radius 2 is 1.89 bits per heavy atom. The van der Waals surface area contributed by atoms with Gasteiger partial charge in [-0.15, -0.1) is 22.7 Å². The number of carbonyl (C=O) groups is 2. The van der Waals surface area contributed by atoms with Crippen molar-refractivity contribution in [2.75, 3.05) is 6.54 Å².